The van der Waals surface area contributed by atoms with Gasteiger partial charge in [0.1, 0.15) is 5.75 Å². The van der Waals surface area contributed by atoms with Crippen molar-refractivity contribution in [1.82, 2.24) is 5.32 Å². The van der Waals surface area contributed by atoms with Crippen molar-refractivity contribution in [3.8, 4) is 5.75 Å². The zero-order valence-electron chi connectivity index (χ0n) is 14.2. The molecule has 0 heterocycles. The number of aryl methyl sites for hydroxylation is 1. The van der Waals surface area contributed by atoms with Crippen LogP contribution in [0.25, 0.3) is 10.8 Å². The smallest absolute Gasteiger partial charge is 0.326 e. The van der Waals surface area contributed by atoms with Gasteiger partial charge in [-0.05, 0) is 35.4 Å². The zero-order chi connectivity index (χ0) is 19.6. The fraction of sp³-hybridized carbons (Fsp3) is 0.0526. The standard InChI is InChI=1S/C19H15N3O5/c1-11-15-8-3-2-5-12(15)9-16(17(11)23)18(24)21-19(25)20-13-6-4-7-14(10-13)22(26)27/h2-10,23H,1H3,(H2,20,21,24,25). The first kappa shape index (κ1) is 17.9. The second-order valence-electron chi connectivity index (χ2n) is 5.83. The van der Waals surface area contributed by atoms with E-state index in [1.807, 2.05) is 12.1 Å². The van der Waals surface area contributed by atoms with Crippen molar-refractivity contribution in [3.63, 3.8) is 0 Å². The van der Waals surface area contributed by atoms with Crippen LogP contribution in [0.3, 0.4) is 0 Å². The lowest BCUT2D eigenvalue weighted by Crippen LogP contribution is -2.34. The molecule has 3 aromatic rings. The van der Waals surface area contributed by atoms with E-state index in [-0.39, 0.29) is 22.7 Å². The molecule has 0 aliphatic carbocycles. The molecule has 8 heteroatoms. The molecule has 3 N–H and O–H groups in total. The van der Waals surface area contributed by atoms with Gasteiger partial charge in [0.25, 0.3) is 11.6 Å². The fourth-order valence-corrected chi connectivity index (χ4v) is 2.72. The monoisotopic (exact) mass is 365 g/mol. The molecule has 0 aliphatic rings. The highest BCUT2D eigenvalue weighted by Crippen LogP contribution is 2.30. The van der Waals surface area contributed by atoms with E-state index in [4.69, 9.17) is 0 Å². The molecule has 0 radical (unpaired) electrons. The minimum atomic E-state index is -0.870. The maximum Gasteiger partial charge on any atom is 0.326 e. The van der Waals surface area contributed by atoms with E-state index in [1.54, 1.807) is 19.1 Å². The van der Waals surface area contributed by atoms with Crippen molar-refractivity contribution in [2.24, 2.45) is 0 Å². The molecule has 8 nitrogen and oxygen atoms in total. The number of imide groups is 1. The van der Waals surface area contributed by atoms with Gasteiger partial charge in [-0.1, -0.05) is 30.3 Å². The van der Waals surface area contributed by atoms with E-state index in [9.17, 15) is 24.8 Å². The number of carbonyl (C=O) groups excluding carboxylic acids is 2. The molecule has 0 unspecified atom stereocenters. The Kier molecular flexibility index (Phi) is 4.71. The third kappa shape index (κ3) is 3.69. The lowest BCUT2D eigenvalue weighted by atomic mass is 10.00. The second kappa shape index (κ2) is 7.12. The SMILES string of the molecule is Cc1c(O)c(C(=O)NC(=O)Nc2cccc([N+](=O)[O-])c2)cc2ccccc12. The topological polar surface area (TPSA) is 122 Å². The number of anilines is 1. The minimum Gasteiger partial charge on any atom is -0.507 e. The summed E-state index contributed by atoms with van der Waals surface area (Å²) in [5, 5.41) is 27.1. The van der Waals surface area contributed by atoms with Crippen LogP contribution in [0.5, 0.6) is 5.75 Å². The van der Waals surface area contributed by atoms with Crippen molar-refractivity contribution in [3.05, 3.63) is 75.8 Å². The van der Waals surface area contributed by atoms with Crippen LogP contribution in [0, 0.1) is 17.0 Å². The van der Waals surface area contributed by atoms with Crippen molar-refractivity contribution in [2.75, 3.05) is 5.32 Å². The van der Waals surface area contributed by atoms with Crippen LogP contribution in [0.15, 0.2) is 54.6 Å². The number of fused-ring (bicyclic) bond motifs is 1. The second-order valence-corrected chi connectivity index (χ2v) is 5.83. The first-order chi connectivity index (χ1) is 12.9. The third-order valence-electron chi connectivity index (χ3n) is 4.06. The maximum absolute atomic E-state index is 12.4. The van der Waals surface area contributed by atoms with E-state index in [0.29, 0.717) is 5.56 Å². The summed E-state index contributed by atoms with van der Waals surface area (Å²) < 4.78 is 0. The Hall–Kier alpha value is -3.94. The molecule has 0 saturated heterocycles. The highest BCUT2D eigenvalue weighted by Gasteiger charge is 2.18. The Labute approximate surface area is 153 Å². The van der Waals surface area contributed by atoms with Crippen molar-refractivity contribution < 1.29 is 19.6 Å². The molecule has 0 aliphatic heterocycles. The van der Waals surface area contributed by atoms with Crippen LogP contribution in [0.4, 0.5) is 16.2 Å². The lowest BCUT2D eigenvalue weighted by Gasteiger charge is -2.11. The number of carbonyl (C=O) groups is 2. The molecule has 0 aromatic heterocycles. The molecule has 136 valence electrons. The Morgan fingerprint density at radius 3 is 2.56 bits per heavy atom. The summed E-state index contributed by atoms with van der Waals surface area (Å²) in [5.74, 6) is -1.00. The van der Waals surface area contributed by atoms with Gasteiger partial charge in [0.05, 0.1) is 10.5 Å². The van der Waals surface area contributed by atoms with Gasteiger partial charge in [-0.15, -0.1) is 0 Å². The van der Waals surface area contributed by atoms with E-state index in [1.165, 1.54) is 30.3 Å². The first-order valence-corrected chi connectivity index (χ1v) is 7.95. The summed E-state index contributed by atoms with van der Waals surface area (Å²) in [6.07, 6.45) is 0. The predicted molar refractivity (Wildman–Crippen MR) is 99.9 cm³/mol. The summed E-state index contributed by atoms with van der Waals surface area (Å²) >= 11 is 0. The zero-order valence-corrected chi connectivity index (χ0v) is 14.2. The number of nitrogens with zero attached hydrogens (tertiary/aromatic N) is 1. The molecule has 3 rings (SSSR count). The number of rotatable bonds is 3. The number of urea groups is 1. The van der Waals surface area contributed by atoms with Gasteiger partial charge in [-0.25, -0.2) is 4.79 Å². The average Bonchev–Trinajstić information content (AvgIpc) is 2.64. The number of hydrogen-bond donors (Lipinski definition) is 3. The molecule has 0 fully saturated rings. The van der Waals surface area contributed by atoms with E-state index in [2.05, 4.69) is 10.6 Å². The number of phenolic OH excluding ortho intramolecular Hbond substituents is 1. The quantitative estimate of drug-likeness (QED) is 0.482. The Balaban J connectivity index is 1.80. The summed E-state index contributed by atoms with van der Waals surface area (Å²) in [5.41, 5.74) is 0.452. The number of nitro benzene ring substituents is 1. The van der Waals surface area contributed by atoms with Gasteiger partial charge in [0, 0.05) is 17.8 Å². The number of nitro groups is 1. The van der Waals surface area contributed by atoms with E-state index >= 15 is 0 Å². The summed E-state index contributed by atoms with van der Waals surface area (Å²) in [4.78, 5) is 34.6. The van der Waals surface area contributed by atoms with Gasteiger partial charge in [-0.3, -0.25) is 20.2 Å². The number of non-ortho nitro benzene ring substituents is 1. The van der Waals surface area contributed by atoms with Crippen LogP contribution < -0.4 is 10.6 Å². The highest BCUT2D eigenvalue weighted by molar-refractivity contribution is 6.11. The Bertz CT molecular complexity index is 1080. The number of amides is 3. The van der Waals surface area contributed by atoms with Crippen molar-refractivity contribution in [2.45, 2.75) is 6.92 Å². The fourth-order valence-electron chi connectivity index (χ4n) is 2.72. The summed E-state index contributed by atoms with van der Waals surface area (Å²) in [7, 11) is 0. The van der Waals surface area contributed by atoms with E-state index in [0.717, 1.165) is 10.8 Å². The van der Waals surface area contributed by atoms with Crippen LogP contribution in [-0.4, -0.2) is 22.0 Å². The maximum atomic E-state index is 12.4. The molecule has 0 atom stereocenters. The molecule has 0 saturated carbocycles. The minimum absolute atomic E-state index is 0.0413. The first-order valence-electron chi connectivity index (χ1n) is 7.95. The molecule has 0 bridgehead atoms. The van der Waals surface area contributed by atoms with Crippen LogP contribution in [0.2, 0.25) is 0 Å². The number of benzene rings is 3. The number of hydrogen-bond acceptors (Lipinski definition) is 5. The van der Waals surface area contributed by atoms with Gasteiger partial charge in [0.2, 0.25) is 0 Å². The third-order valence-corrected chi connectivity index (χ3v) is 4.06. The van der Waals surface area contributed by atoms with Gasteiger partial charge < -0.3 is 10.4 Å². The molecule has 3 aromatic carbocycles. The average molecular weight is 365 g/mol. The molecule has 3 amide bonds. The largest absolute Gasteiger partial charge is 0.507 e. The van der Waals surface area contributed by atoms with Crippen LogP contribution in [-0.2, 0) is 0 Å². The Morgan fingerprint density at radius 2 is 1.81 bits per heavy atom. The van der Waals surface area contributed by atoms with Gasteiger partial charge in [-0.2, -0.15) is 0 Å². The number of phenols is 1. The Morgan fingerprint density at radius 1 is 1.07 bits per heavy atom. The van der Waals surface area contributed by atoms with E-state index < -0.39 is 16.9 Å². The van der Waals surface area contributed by atoms with Crippen LogP contribution >= 0.6 is 0 Å². The number of nitrogens with one attached hydrogen (secondary N) is 2. The predicted octanol–water partition coefficient (Wildman–Crippen LogP) is 3.72. The molecular weight excluding hydrogens is 350 g/mol. The summed E-state index contributed by atoms with van der Waals surface area (Å²) in [6.45, 7) is 1.68. The highest BCUT2D eigenvalue weighted by atomic mass is 16.6. The lowest BCUT2D eigenvalue weighted by molar-refractivity contribution is -0.384. The van der Waals surface area contributed by atoms with Crippen molar-refractivity contribution >= 4 is 34.1 Å². The molecular formula is C19H15N3O5. The molecule has 27 heavy (non-hydrogen) atoms. The number of aromatic hydroxyl groups is 1. The van der Waals surface area contributed by atoms with Crippen molar-refractivity contribution in [1.29, 1.82) is 0 Å². The van der Waals surface area contributed by atoms with Gasteiger partial charge in [0.15, 0.2) is 0 Å². The normalized spacial score (nSPS) is 10.4. The van der Waals surface area contributed by atoms with Gasteiger partial charge >= 0.3 is 6.03 Å². The molecule has 0 spiro atoms. The summed E-state index contributed by atoms with van der Waals surface area (Å²) in [6, 6.07) is 13.2. The van der Waals surface area contributed by atoms with Crippen LogP contribution in [0.1, 0.15) is 15.9 Å².